The SMILES string of the molecule is CN(C)/N=C1/CC[C@@]2(C)C(CC[C@@H]3[C@@H]2CC[C@]2(C)/C(=N/N(C)C)CC[C@@H]32)C1. The van der Waals surface area contributed by atoms with Crippen LogP contribution in [0.1, 0.15) is 71.6 Å². The molecule has 1 unspecified atom stereocenters. The lowest BCUT2D eigenvalue weighted by atomic mass is 9.45. The zero-order valence-electron chi connectivity index (χ0n) is 18.5. The summed E-state index contributed by atoms with van der Waals surface area (Å²) in [6.07, 6.45) is 12.0. The third-order valence-electron chi connectivity index (χ3n) is 8.90. The average Bonchev–Trinajstić information content (AvgIpc) is 2.91. The molecule has 0 N–H and O–H groups in total. The molecule has 0 spiro atoms. The predicted octanol–water partition coefficient (Wildman–Crippen LogP) is 4.86. The van der Waals surface area contributed by atoms with Crippen LogP contribution in [-0.2, 0) is 0 Å². The van der Waals surface area contributed by atoms with Crippen LogP contribution < -0.4 is 0 Å². The van der Waals surface area contributed by atoms with Gasteiger partial charge in [-0.1, -0.05) is 13.8 Å². The van der Waals surface area contributed by atoms with Gasteiger partial charge in [-0.2, -0.15) is 10.2 Å². The number of hydrogen-bond donors (Lipinski definition) is 0. The quantitative estimate of drug-likeness (QED) is 0.648. The first-order valence-electron chi connectivity index (χ1n) is 11.2. The van der Waals surface area contributed by atoms with Crippen LogP contribution in [0.15, 0.2) is 10.2 Å². The molecule has 4 heteroatoms. The maximum atomic E-state index is 4.94. The van der Waals surface area contributed by atoms with Gasteiger partial charge in [-0.05, 0) is 86.9 Å². The van der Waals surface area contributed by atoms with Gasteiger partial charge in [0.1, 0.15) is 0 Å². The van der Waals surface area contributed by atoms with E-state index in [9.17, 15) is 0 Å². The van der Waals surface area contributed by atoms with Crippen LogP contribution in [0.5, 0.6) is 0 Å². The smallest absolute Gasteiger partial charge is 0.0442 e. The van der Waals surface area contributed by atoms with Crippen molar-refractivity contribution in [3.05, 3.63) is 0 Å². The fourth-order valence-corrected chi connectivity index (χ4v) is 7.63. The van der Waals surface area contributed by atoms with Gasteiger partial charge < -0.3 is 10.0 Å². The topological polar surface area (TPSA) is 31.2 Å². The summed E-state index contributed by atoms with van der Waals surface area (Å²) in [6, 6.07) is 0. The molecular formula is C23H40N4. The number of fused-ring (bicyclic) bond motifs is 5. The largest absolute Gasteiger partial charge is 0.303 e. The molecule has 6 atom stereocenters. The molecule has 0 saturated heterocycles. The van der Waals surface area contributed by atoms with E-state index >= 15 is 0 Å². The molecule has 4 rings (SSSR count). The zero-order chi connectivity index (χ0) is 19.4. The lowest BCUT2D eigenvalue weighted by Gasteiger charge is -2.59. The summed E-state index contributed by atoms with van der Waals surface area (Å²) in [4.78, 5) is 0. The Kier molecular flexibility index (Phi) is 4.83. The van der Waals surface area contributed by atoms with E-state index in [-0.39, 0.29) is 0 Å². The van der Waals surface area contributed by atoms with E-state index in [2.05, 4.69) is 42.0 Å². The third kappa shape index (κ3) is 3.11. The van der Waals surface area contributed by atoms with Gasteiger partial charge in [0.05, 0.1) is 0 Å². The van der Waals surface area contributed by atoms with Crippen LogP contribution in [0.3, 0.4) is 0 Å². The minimum absolute atomic E-state index is 0.362. The maximum Gasteiger partial charge on any atom is 0.0442 e. The van der Waals surface area contributed by atoms with Gasteiger partial charge in [0.25, 0.3) is 0 Å². The van der Waals surface area contributed by atoms with Crippen molar-refractivity contribution in [1.82, 2.24) is 10.0 Å². The summed E-state index contributed by atoms with van der Waals surface area (Å²) < 4.78 is 0. The molecule has 4 fully saturated rings. The summed E-state index contributed by atoms with van der Waals surface area (Å²) in [5, 5.41) is 13.8. The number of hydrogen-bond acceptors (Lipinski definition) is 4. The Morgan fingerprint density at radius 1 is 0.815 bits per heavy atom. The summed E-state index contributed by atoms with van der Waals surface area (Å²) in [5.74, 6) is 3.57. The van der Waals surface area contributed by atoms with Crippen LogP contribution in [0.4, 0.5) is 0 Å². The minimum Gasteiger partial charge on any atom is -0.303 e. The van der Waals surface area contributed by atoms with Gasteiger partial charge in [-0.25, -0.2) is 0 Å². The van der Waals surface area contributed by atoms with Crippen molar-refractivity contribution >= 4 is 11.4 Å². The Morgan fingerprint density at radius 2 is 1.56 bits per heavy atom. The molecule has 0 aromatic heterocycles. The molecule has 0 radical (unpaired) electrons. The second-order valence-corrected chi connectivity index (χ2v) is 10.8. The monoisotopic (exact) mass is 372 g/mol. The Hall–Kier alpha value is -1.06. The average molecular weight is 373 g/mol. The molecule has 0 aliphatic heterocycles. The van der Waals surface area contributed by atoms with Crippen LogP contribution in [0.25, 0.3) is 0 Å². The molecule has 0 bridgehead atoms. The highest BCUT2D eigenvalue weighted by Gasteiger charge is 2.59. The van der Waals surface area contributed by atoms with Crippen molar-refractivity contribution in [2.24, 2.45) is 44.7 Å². The summed E-state index contributed by atoms with van der Waals surface area (Å²) in [5.41, 5.74) is 3.84. The zero-order valence-corrected chi connectivity index (χ0v) is 18.5. The Balaban J connectivity index is 1.56. The van der Waals surface area contributed by atoms with Crippen LogP contribution in [0.2, 0.25) is 0 Å². The summed E-state index contributed by atoms with van der Waals surface area (Å²) >= 11 is 0. The molecule has 0 amide bonds. The van der Waals surface area contributed by atoms with E-state index in [1.54, 1.807) is 0 Å². The van der Waals surface area contributed by atoms with Gasteiger partial charge in [0.15, 0.2) is 0 Å². The second kappa shape index (κ2) is 6.77. The highest BCUT2D eigenvalue weighted by molar-refractivity contribution is 5.92. The highest BCUT2D eigenvalue weighted by Crippen LogP contribution is 2.65. The first-order valence-corrected chi connectivity index (χ1v) is 11.2. The van der Waals surface area contributed by atoms with Crippen LogP contribution in [0, 0.1) is 34.5 Å². The van der Waals surface area contributed by atoms with E-state index in [4.69, 9.17) is 10.2 Å². The third-order valence-corrected chi connectivity index (χ3v) is 8.90. The van der Waals surface area contributed by atoms with Gasteiger partial charge >= 0.3 is 0 Å². The molecule has 4 saturated carbocycles. The van der Waals surface area contributed by atoms with Gasteiger partial charge in [-0.3, -0.25) is 0 Å². The van der Waals surface area contributed by atoms with E-state index < -0.39 is 0 Å². The molecule has 4 aliphatic rings. The second-order valence-electron chi connectivity index (χ2n) is 10.8. The van der Waals surface area contributed by atoms with E-state index in [0.717, 1.165) is 23.7 Å². The summed E-state index contributed by atoms with van der Waals surface area (Å²) in [7, 11) is 8.28. The molecule has 0 aromatic carbocycles. The highest BCUT2D eigenvalue weighted by atomic mass is 15.4. The predicted molar refractivity (Wildman–Crippen MR) is 114 cm³/mol. The lowest BCUT2D eigenvalue weighted by Crippen LogP contribution is -2.53. The first-order chi connectivity index (χ1) is 12.7. The molecule has 4 nitrogen and oxygen atoms in total. The van der Waals surface area contributed by atoms with E-state index in [1.807, 2.05) is 10.0 Å². The van der Waals surface area contributed by atoms with Crippen molar-refractivity contribution in [2.75, 3.05) is 28.2 Å². The first kappa shape index (κ1) is 19.3. The number of hydrazone groups is 2. The molecule has 4 aliphatic carbocycles. The van der Waals surface area contributed by atoms with Gasteiger partial charge in [-0.15, -0.1) is 0 Å². The molecular weight excluding hydrogens is 332 g/mol. The minimum atomic E-state index is 0.362. The van der Waals surface area contributed by atoms with Crippen molar-refractivity contribution in [3.8, 4) is 0 Å². The standard InChI is InChI=1S/C23H40N4/c1-22-13-11-17(24-26(3)4)15-16(22)7-8-18-19-9-10-21(25-27(5)6)23(19,2)14-12-20(18)22/h16,18-20H,7-15H2,1-6H3/b24-17-,25-21+/t16?,18-,19-,20-,22-,23-/m0/s1. The lowest BCUT2D eigenvalue weighted by molar-refractivity contribution is -0.0817. The maximum absolute atomic E-state index is 4.94. The van der Waals surface area contributed by atoms with E-state index in [0.29, 0.717) is 10.8 Å². The van der Waals surface area contributed by atoms with E-state index in [1.165, 1.54) is 69.2 Å². The number of nitrogens with zero attached hydrogens (tertiary/aromatic N) is 4. The molecule has 0 aromatic rings. The van der Waals surface area contributed by atoms with Crippen molar-refractivity contribution in [3.63, 3.8) is 0 Å². The van der Waals surface area contributed by atoms with Crippen molar-refractivity contribution < 1.29 is 0 Å². The Morgan fingerprint density at radius 3 is 2.26 bits per heavy atom. The number of rotatable bonds is 2. The Labute approximate surface area is 166 Å². The van der Waals surface area contributed by atoms with Crippen molar-refractivity contribution in [1.29, 1.82) is 0 Å². The fraction of sp³-hybridized carbons (Fsp3) is 0.913. The molecule has 0 heterocycles. The van der Waals surface area contributed by atoms with Gasteiger partial charge in [0.2, 0.25) is 0 Å². The van der Waals surface area contributed by atoms with Crippen LogP contribution >= 0.6 is 0 Å². The molecule has 152 valence electrons. The van der Waals surface area contributed by atoms with Crippen LogP contribution in [-0.4, -0.2) is 49.6 Å². The van der Waals surface area contributed by atoms with Gasteiger partial charge in [0, 0.05) is 45.0 Å². The molecule has 27 heavy (non-hydrogen) atoms. The van der Waals surface area contributed by atoms with Crippen molar-refractivity contribution in [2.45, 2.75) is 71.6 Å². The normalized spacial score (nSPS) is 46.7. The Bertz CT molecular complexity index is 636. The fourth-order valence-electron chi connectivity index (χ4n) is 7.63. The summed E-state index contributed by atoms with van der Waals surface area (Å²) in [6.45, 7) is 5.19.